The topological polar surface area (TPSA) is 65.8 Å². The van der Waals surface area contributed by atoms with Crippen LogP contribution in [0.5, 0.6) is 0 Å². The van der Waals surface area contributed by atoms with Crippen molar-refractivity contribution in [2.45, 2.75) is 27.2 Å². The molecule has 3 aromatic carbocycles. The molecule has 5 rings (SSSR count). The second-order valence-corrected chi connectivity index (χ2v) is 11.9. The SMILES string of the molecule is Cc1sc(NC(=O)c2cc(-c3ccc(CC(C)C)cc3)nc3ccccc23)c(C#N)c1-c1ccc(Cl)cc1Cl. The highest BCUT2D eigenvalue weighted by molar-refractivity contribution is 7.17. The van der Waals surface area contributed by atoms with E-state index in [1.54, 1.807) is 18.2 Å². The minimum absolute atomic E-state index is 0.308. The molecule has 0 saturated carbocycles. The first-order valence-electron chi connectivity index (χ1n) is 12.5. The van der Waals surface area contributed by atoms with E-state index in [-0.39, 0.29) is 5.91 Å². The number of hydrogen-bond acceptors (Lipinski definition) is 4. The van der Waals surface area contributed by atoms with Gasteiger partial charge in [-0.1, -0.05) is 85.6 Å². The van der Waals surface area contributed by atoms with Crippen molar-refractivity contribution in [3.63, 3.8) is 0 Å². The molecule has 39 heavy (non-hydrogen) atoms. The van der Waals surface area contributed by atoms with Crippen molar-refractivity contribution >= 4 is 56.3 Å². The van der Waals surface area contributed by atoms with Crippen LogP contribution in [0.15, 0.2) is 72.8 Å². The van der Waals surface area contributed by atoms with Gasteiger partial charge in [-0.25, -0.2) is 4.98 Å². The predicted octanol–water partition coefficient (Wildman–Crippen LogP) is 9.57. The number of carbonyl (C=O) groups excluding carboxylic acids is 1. The van der Waals surface area contributed by atoms with Crippen molar-refractivity contribution in [2.24, 2.45) is 5.92 Å². The van der Waals surface area contributed by atoms with Crippen LogP contribution in [0.3, 0.4) is 0 Å². The zero-order valence-corrected chi connectivity index (χ0v) is 24.0. The van der Waals surface area contributed by atoms with E-state index in [1.807, 2.05) is 37.3 Å². The number of amides is 1. The van der Waals surface area contributed by atoms with Gasteiger partial charge in [-0.2, -0.15) is 5.26 Å². The zero-order valence-electron chi connectivity index (χ0n) is 21.7. The Morgan fingerprint density at radius 1 is 1.05 bits per heavy atom. The number of carbonyl (C=O) groups is 1. The number of nitrogens with zero attached hydrogens (tertiary/aromatic N) is 2. The highest BCUT2D eigenvalue weighted by Gasteiger charge is 2.22. The van der Waals surface area contributed by atoms with Crippen LogP contribution in [-0.2, 0) is 6.42 Å². The van der Waals surface area contributed by atoms with Gasteiger partial charge in [0.15, 0.2) is 0 Å². The normalized spacial score (nSPS) is 11.1. The summed E-state index contributed by atoms with van der Waals surface area (Å²) in [7, 11) is 0. The number of nitrogens with one attached hydrogen (secondary N) is 1. The summed E-state index contributed by atoms with van der Waals surface area (Å²) in [6.07, 6.45) is 1.00. The molecule has 0 aliphatic carbocycles. The van der Waals surface area contributed by atoms with Gasteiger partial charge in [0.05, 0.1) is 22.3 Å². The average Bonchev–Trinajstić information content (AvgIpc) is 3.22. The number of pyridine rings is 1. The first-order chi connectivity index (χ1) is 18.7. The summed E-state index contributed by atoms with van der Waals surface area (Å²) in [5.41, 5.74) is 5.89. The fraction of sp³-hybridized carbons (Fsp3) is 0.156. The molecule has 2 heterocycles. The van der Waals surface area contributed by atoms with Gasteiger partial charge >= 0.3 is 0 Å². The number of nitriles is 1. The minimum atomic E-state index is -0.308. The molecular formula is C32H25Cl2N3OS. The van der Waals surface area contributed by atoms with Gasteiger partial charge in [-0.05, 0) is 49.1 Å². The third-order valence-corrected chi connectivity index (χ3v) is 8.05. The second kappa shape index (κ2) is 11.2. The monoisotopic (exact) mass is 569 g/mol. The number of aryl methyl sites for hydroxylation is 1. The lowest BCUT2D eigenvalue weighted by atomic mass is 9.99. The zero-order chi connectivity index (χ0) is 27.7. The Morgan fingerprint density at radius 3 is 2.49 bits per heavy atom. The van der Waals surface area contributed by atoms with Crippen LogP contribution in [0.1, 0.15) is 40.2 Å². The Balaban J connectivity index is 1.54. The first kappa shape index (κ1) is 26.9. The first-order valence-corrected chi connectivity index (χ1v) is 14.1. The van der Waals surface area contributed by atoms with Crippen molar-refractivity contribution in [1.29, 1.82) is 5.26 Å². The van der Waals surface area contributed by atoms with Crippen LogP contribution in [0.4, 0.5) is 5.00 Å². The van der Waals surface area contributed by atoms with Crippen LogP contribution in [0, 0.1) is 24.2 Å². The Labute approximate surface area is 241 Å². The molecule has 0 bridgehead atoms. The molecular weight excluding hydrogens is 545 g/mol. The van der Waals surface area contributed by atoms with Gasteiger partial charge in [0.25, 0.3) is 5.91 Å². The summed E-state index contributed by atoms with van der Waals surface area (Å²) in [6.45, 7) is 6.30. The number of thiophene rings is 1. The molecule has 0 unspecified atom stereocenters. The van der Waals surface area contributed by atoms with E-state index in [9.17, 15) is 10.1 Å². The molecule has 1 amide bonds. The molecule has 1 N–H and O–H groups in total. The molecule has 0 radical (unpaired) electrons. The van der Waals surface area contributed by atoms with Gasteiger partial charge in [0.1, 0.15) is 11.1 Å². The lowest BCUT2D eigenvalue weighted by Crippen LogP contribution is -2.13. The van der Waals surface area contributed by atoms with E-state index >= 15 is 0 Å². The Morgan fingerprint density at radius 2 is 1.79 bits per heavy atom. The van der Waals surface area contributed by atoms with Crippen molar-refractivity contribution in [1.82, 2.24) is 4.98 Å². The van der Waals surface area contributed by atoms with Gasteiger partial charge in [-0.15, -0.1) is 11.3 Å². The van der Waals surface area contributed by atoms with Crippen molar-refractivity contribution in [2.75, 3.05) is 5.32 Å². The van der Waals surface area contributed by atoms with E-state index in [4.69, 9.17) is 28.2 Å². The van der Waals surface area contributed by atoms with Crippen LogP contribution < -0.4 is 5.32 Å². The average molecular weight is 571 g/mol. The summed E-state index contributed by atoms with van der Waals surface area (Å²) in [4.78, 5) is 19.4. The lowest BCUT2D eigenvalue weighted by Gasteiger charge is -2.11. The molecule has 0 atom stereocenters. The van der Waals surface area contributed by atoms with Crippen molar-refractivity contribution in [3.8, 4) is 28.5 Å². The standard InChI is InChI=1S/C32H25Cl2N3OS/c1-18(2)14-20-8-10-21(11-9-20)29-16-25(23-6-4-5-7-28(23)36-29)31(38)37-32-26(17-35)30(19(3)39-32)24-13-12-22(33)15-27(24)34/h4-13,15-16,18H,14H2,1-3H3,(H,37,38). The van der Waals surface area contributed by atoms with Crippen LogP contribution >= 0.6 is 34.5 Å². The number of halogens is 2. The van der Waals surface area contributed by atoms with E-state index in [0.29, 0.717) is 48.9 Å². The highest BCUT2D eigenvalue weighted by atomic mass is 35.5. The number of benzene rings is 3. The quantitative estimate of drug-likeness (QED) is 0.221. The molecule has 0 aliphatic heterocycles. The van der Waals surface area contributed by atoms with Crippen molar-refractivity contribution in [3.05, 3.63) is 104 Å². The van der Waals surface area contributed by atoms with Gasteiger partial charge in [0.2, 0.25) is 0 Å². The molecule has 194 valence electrons. The van der Waals surface area contributed by atoms with E-state index in [1.165, 1.54) is 16.9 Å². The highest BCUT2D eigenvalue weighted by Crippen LogP contribution is 2.43. The molecule has 7 heteroatoms. The number of hydrogen-bond donors (Lipinski definition) is 1. The largest absolute Gasteiger partial charge is 0.312 e. The van der Waals surface area contributed by atoms with Gasteiger partial charge < -0.3 is 5.32 Å². The third-order valence-electron chi connectivity index (χ3n) is 6.48. The molecule has 2 aromatic heterocycles. The summed E-state index contributed by atoms with van der Waals surface area (Å²) < 4.78 is 0. The lowest BCUT2D eigenvalue weighted by molar-refractivity contribution is 0.102. The summed E-state index contributed by atoms with van der Waals surface area (Å²) in [6, 6.07) is 25.2. The van der Waals surface area contributed by atoms with E-state index in [0.717, 1.165) is 27.8 Å². The molecule has 0 aliphatic rings. The second-order valence-electron chi connectivity index (χ2n) is 9.79. The number of aromatic nitrogens is 1. The molecule has 5 aromatic rings. The number of rotatable bonds is 6. The van der Waals surface area contributed by atoms with Gasteiger partial charge in [0, 0.05) is 37.0 Å². The van der Waals surface area contributed by atoms with Crippen molar-refractivity contribution < 1.29 is 4.79 Å². The van der Waals surface area contributed by atoms with Crippen LogP contribution in [-0.4, -0.2) is 10.9 Å². The third kappa shape index (κ3) is 5.55. The Kier molecular flexibility index (Phi) is 7.72. The van der Waals surface area contributed by atoms with Crippen LogP contribution in [0.25, 0.3) is 33.3 Å². The predicted molar refractivity (Wildman–Crippen MR) is 163 cm³/mol. The Hall–Kier alpha value is -3.69. The fourth-order valence-electron chi connectivity index (χ4n) is 4.72. The Bertz CT molecular complexity index is 1750. The maximum atomic E-state index is 13.7. The van der Waals surface area contributed by atoms with Crippen LogP contribution in [0.2, 0.25) is 10.0 Å². The number of fused-ring (bicyclic) bond motifs is 1. The minimum Gasteiger partial charge on any atom is -0.312 e. The molecule has 4 nitrogen and oxygen atoms in total. The molecule has 0 fully saturated rings. The molecule has 0 saturated heterocycles. The van der Waals surface area contributed by atoms with E-state index < -0.39 is 0 Å². The fourth-order valence-corrected chi connectivity index (χ4v) is 6.24. The number of para-hydroxylation sites is 1. The summed E-state index contributed by atoms with van der Waals surface area (Å²) in [5, 5.41) is 15.2. The molecule has 0 spiro atoms. The van der Waals surface area contributed by atoms with E-state index in [2.05, 4.69) is 49.5 Å². The smallest absolute Gasteiger partial charge is 0.257 e. The summed E-state index contributed by atoms with van der Waals surface area (Å²) in [5.74, 6) is 0.262. The maximum absolute atomic E-state index is 13.7. The van der Waals surface area contributed by atoms with Gasteiger partial charge in [-0.3, -0.25) is 4.79 Å². The summed E-state index contributed by atoms with van der Waals surface area (Å²) >= 11 is 13.9. The maximum Gasteiger partial charge on any atom is 0.257 e. The number of anilines is 1.